The van der Waals surface area contributed by atoms with Crippen LogP contribution in [-0.2, 0) is 4.79 Å². The maximum Gasteiger partial charge on any atom is 0.129 e. The Balaban J connectivity index is 2.21. The number of hydrogen-bond donors (Lipinski definition) is 0. The molecular formula is C12H23NO. The predicted molar refractivity (Wildman–Crippen MR) is 59.4 cm³/mol. The van der Waals surface area contributed by atoms with Gasteiger partial charge in [0.05, 0.1) is 0 Å². The second-order valence-corrected chi connectivity index (χ2v) is 5.35. The lowest BCUT2D eigenvalue weighted by molar-refractivity contribution is -0.117. The number of likely N-dealkylation sites (tertiary alicyclic amines) is 1. The summed E-state index contributed by atoms with van der Waals surface area (Å²) in [6.07, 6.45) is 4.44. The molecule has 0 aliphatic carbocycles. The fraction of sp³-hybridized carbons (Fsp3) is 0.917. The molecule has 0 aromatic carbocycles. The molecule has 0 aromatic heterocycles. The molecule has 0 saturated carbocycles. The summed E-state index contributed by atoms with van der Waals surface area (Å²) in [5.74, 6) is 0.321. The van der Waals surface area contributed by atoms with Crippen molar-refractivity contribution >= 4 is 5.78 Å². The van der Waals surface area contributed by atoms with Crippen LogP contribution >= 0.6 is 0 Å². The molecular weight excluding hydrogens is 174 g/mol. The highest BCUT2D eigenvalue weighted by atomic mass is 16.1. The van der Waals surface area contributed by atoms with Crippen LogP contribution in [0.1, 0.15) is 46.5 Å². The van der Waals surface area contributed by atoms with E-state index < -0.39 is 0 Å². The number of carbonyl (C=O) groups excluding carboxylic acids is 1. The highest BCUT2D eigenvalue weighted by Crippen LogP contribution is 2.28. The molecule has 1 fully saturated rings. The van der Waals surface area contributed by atoms with Crippen LogP contribution in [0, 0.1) is 5.41 Å². The first-order chi connectivity index (χ1) is 6.49. The summed E-state index contributed by atoms with van der Waals surface area (Å²) in [6, 6.07) is 0. The van der Waals surface area contributed by atoms with Gasteiger partial charge in [0.2, 0.25) is 0 Å². The van der Waals surface area contributed by atoms with Crippen LogP contribution in [-0.4, -0.2) is 30.3 Å². The molecule has 1 saturated heterocycles. The minimum atomic E-state index is 0.321. The first-order valence-electron chi connectivity index (χ1n) is 5.71. The van der Waals surface area contributed by atoms with E-state index >= 15 is 0 Å². The Kier molecular flexibility index (Phi) is 4.11. The van der Waals surface area contributed by atoms with Gasteiger partial charge in [0, 0.05) is 13.0 Å². The zero-order valence-electron chi connectivity index (χ0n) is 9.81. The number of rotatable bonds is 4. The van der Waals surface area contributed by atoms with E-state index in [0.29, 0.717) is 11.2 Å². The van der Waals surface area contributed by atoms with E-state index in [9.17, 15) is 4.79 Å². The van der Waals surface area contributed by atoms with E-state index in [0.717, 1.165) is 19.4 Å². The molecule has 0 N–H and O–H groups in total. The van der Waals surface area contributed by atoms with Crippen molar-refractivity contribution < 1.29 is 4.79 Å². The summed E-state index contributed by atoms with van der Waals surface area (Å²) in [5.41, 5.74) is 0.481. The van der Waals surface area contributed by atoms with E-state index in [1.807, 2.05) is 0 Å². The number of piperidine rings is 1. The fourth-order valence-electron chi connectivity index (χ4n) is 2.29. The number of ketones is 1. The van der Waals surface area contributed by atoms with E-state index in [1.165, 1.54) is 25.9 Å². The van der Waals surface area contributed by atoms with Gasteiger partial charge in [-0.3, -0.25) is 0 Å². The Labute approximate surface area is 87.7 Å². The molecule has 14 heavy (non-hydrogen) atoms. The molecule has 0 amide bonds. The van der Waals surface area contributed by atoms with Gasteiger partial charge in [-0.25, -0.2) is 0 Å². The van der Waals surface area contributed by atoms with Crippen molar-refractivity contribution in [1.82, 2.24) is 4.90 Å². The molecule has 2 heteroatoms. The number of carbonyl (C=O) groups is 1. The zero-order valence-corrected chi connectivity index (χ0v) is 9.81. The molecule has 0 spiro atoms. The van der Waals surface area contributed by atoms with Crippen LogP contribution in [0.15, 0.2) is 0 Å². The van der Waals surface area contributed by atoms with Crippen LogP contribution in [0.5, 0.6) is 0 Å². The van der Waals surface area contributed by atoms with Crippen molar-refractivity contribution in [1.29, 1.82) is 0 Å². The van der Waals surface area contributed by atoms with Crippen molar-refractivity contribution in [2.45, 2.75) is 46.5 Å². The highest BCUT2D eigenvalue weighted by molar-refractivity contribution is 5.75. The summed E-state index contributed by atoms with van der Waals surface area (Å²) < 4.78 is 0. The summed E-state index contributed by atoms with van der Waals surface area (Å²) in [7, 11) is 0. The zero-order chi connectivity index (χ0) is 10.6. The van der Waals surface area contributed by atoms with Crippen LogP contribution in [0.25, 0.3) is 0 Å². The third kappa shape index (κ3) is 4.23. The lowest BCUT2D eigenvalue weighted by Crippen LogP contribution is -2.40. The van der Waals surface area contributed by atoms with Gasteiger partial charge in [0.1, 0.15) is 5.78 Å². The molecule has 0 unspecified atom stereocenters. The molecule has 1 heterocycles. The average molecular weight is 197 g/mol. The Morgan fingerprint density at radius 2 is 2.14 bits per heavy atom. The summed E-state index contributed by atoms with van der Waals surface area (Å²) in [6.45, 7) is 9.88. The third-order valence-electron chi connectivity index (χ3n) is 2.98. The van der Waals surface area contributed by atoms with E-state index in [4.69, 9.17) is 0 Å². The van der Waals surface area contributed by atoms with Crippen molar-refractivity contribution in [3.05, 3.63) is 0 Å². The number of Topliss-reactive ketones (excluding diaryl/α,β-unsaturated/α-hetero) is 1. The second kappa shape index (κ2) is 4.92. The van der Waals surface area contributed by atoms with Crippen LogP contribution in [0.3, 0.4) is 0 Å². The van der Waals surface area contributed by atoms with Gasteiger partial charge in [-0.15, -0.1) is 0 Å². The van der Waals surface area contributed by atoms with Gasteiger partial charge in [0.25, 0.3) is 0 Å². The molecule has 2 nitrogen and oxygen atoms in total. The molecule has 82 valence electrons. The second-order valence-electron chi connectivity index (χ2n) is 5.35. The molecule has 0 radical (unpaired) electrons. The normalized spacial score (nSPS) is 22.2. The minimum absolute atomic E-state index is 0.321. The van der Waals surface area contributed by atoms with Crippen molar-refractivity contribution in [2.24, 2.45) is 5.41 Å². The highest BCUT2D eigenvalue weighted by Gasteiger charge is 2.25. The SMILES string of the molecule is CC(=O)CCCN1CCCC(C)(C)C1. The Morgan fingerprint density at radius 3 is 2.71 bits per heavy atom. The summed E-state index contributed by atoms with van der Waals surface area (Å²) >= 11 is 0. The lowest BCUT2D eigenvalue weighted by atomic mass is 9.84. The average Bonchev–Trinajstić information content (AvgIpc) is 2.01. The van der Waals surface area contributed by atoms with Gasteiger partial charge in [-0.05, 0) is 44.7 Å². The first kappa shape index (κ1) is 11.7. The van der Waals surface area contributed by atoms with Crippen molar-refractivity contribution in [3.63, 3.8) is 0 Å². The third-order valence-corrected chi connectivity index (χ3v) is 2.98. The van der Waals surface area contributed by atoms with Gasteiger partial charge in [-0.2, -0.15) is 0 Å². The van der Waals surface area contributed by atoms with Crippen LogP contribution < -0.4 is 0 Å². The standard InChI is InChI=1S/C12H23NO/c1-11(14)6-4-8-13-9-5-7-12(2,3)10-13/h4-10H2,1-3H3. The maximum atomic E-state index is 10.8. The van der Waals surface area contributed by atoms with Gasteiger partial charge in [0.15, 0.2) is 0 Å². The van der Waals surface area contributed by atoms with Crippen molar-refractivity contribution in [2.75, 3.05) is 19.6 Å². The van der Waals surface area contributed by atoms with Gasteiger partial charge < -0.3 is 9.69 Å². The minimum Gasteiger partial charge on any atom is -0.303 e. The molecule has 0 bridgehead atoms. The lowest BCUT2D eigenvalue weighted by Gasteiger charge is -2.38. The largest absolute Gasteiger partial charge is 0.303 e. The van der Waals surface area contributed by atoms with Gasteiger partial charge in [-0.1, -0.05) is 13.8 Å². The fourth-order valence-corrected chi connectivity index (χ4v) is 2.29. The van der Waals surface area contributed by atoms with Crippen LogP contribution in [0.4, 0.5) is 0 Å². The number of nitrogens with zero attached hydrogens (tertiary/aromatic N) is 1. The molecule has 1 rings (SSSR count). The summed E-state index contributed by atoms with van der Waals surface area (Å²) in [5, 5.41) is 0. The number of hydrogen-bond acceptors (Lipinski definition) is 2. The first-order valence-corrected chi connectivity index (χ1v) is 5.71. The quantitative estimate of drug-likeness (QED) is 0.690. The van der Waals surface area contributed by atoms with E-state index in [-0.39, 0.29) is 0 Å². The predicted octanol–water partition coefficient (Wildman–Crippen LogP) is 2.48. The topological polar surface area (TPSA) is 20.3 Å². The maximum absolute atomic E-state index is 10.8. The molecule has 1 aliphatic rings. The van der Waals surface area contributed by atoms with E-state index in [1.54, 1.807) is 6.92 Å². The Morgan fingerprint density at radius 1 is 1.43 bits per heavy atom. The van der Waals surface area contributed by atoms with Crippen LogP contribution in [0.2, 0.25) is 0 Å². The molecule has 1 aliphatic heterocycles. The summed E-state index contributed by atoms with van der Waals surface area (Å²) in [4.78, 5) is 13.3. The molecule has 0 atom stereocenters. The Hall–Kier alpha value is -0.370. The van der Waals surface area contributed by atoms with E-state index in [2.05, 4.69) is 18.7 Å². The smallest absolute Gasteiger partial charge is 0.129 e. The molecule has 0 aromatic rings. The monoisotopic (exact) mass is 197 g/mol. The Bertz CT molecular complexity index is 198. The van der Waals surface area contributed by atoms with Gasteiger partial charge >= 0.3 is 0 Å². The van der Waals surface area contributed by atoms with Crippen molar-refractivity contribution in [3.8, 4) is 0 Å².